The van der Waals surface area contributed by atoms with Crippen molar-refractivity contribution in [1.82, 2.24) is 5.32 Å². The Morgan fingerprint density at radius 2 is 2.00 bits per heavy atom. The number of esters is 1. The van der Waals surface area contributed by atoms with Gasteiger partial charge in [-0.05, 0) is 6.92 Å². The molecule has 0 heterocycles. The van der Waals surface area contributed by atoms with E-state index in [1.54, 1.807) is 19.1 Å². The van der Waals surface area contributed by atoms with Gasteiger partial charge in [0.05, 0.1) is 19.6 Å². The molecule has 0 bridgehead atoms. The van der Waals surface area contributed by atoms with Gasteiger partial charge in [-0.3, -0.25) is 9.59 Å². The molecule has 1 atom stereocenters. The summed E-state index contributed by atoms with van der Waals surface area (Å²) < 4.78 is 2.43. The Balaban J connectivity index is 4.46. The number of hydrogen-bond acceptors (Lipinski definition) is 3. The van der Waals surface area contributed by atoms with Gasteiger partial charge in [0.25, 0.3) is 9.70 Å². The van der Waals surface area contributed by atoms with Crippen LogP contribution in [-0.4, -0.2) is 28.8 Å². The summed E-state index contributed by atoms with van der Waals surface area (Å²) >= 11 is 16.1. The lowest BCUT2D eigenvalue weighted by Crippen LogP contribution is -2.41. The maximum atomic E-state index is 11.3. The van der Waals surface area contributed by atoms with Gasteiger partial charge < -0.3 is 10.1 Å². The van der Waals surface area contributed by atoms with Crippen molar-refractivity contribution >= 4 is 46.7 Å². The molecule has 0 rings (SSSR count). The van der Waals surface area contributed by atoms with E-state index in [4.69, 9.17) is 34.8 Å². The molecule has 0 aliphatic heterocycles. The highest BCUT2D eigenvalue weighted by Crippen LogP contribution is 2.26. The van der Waals surface area contributed by atoms with Crippen LogP contribution in [0.1, 0.15) is 13.3 Å². The van der Waals surface area contributed by atoms with Crippen molar-refractivity contribution in [2.75, 3.05) is 7.11 Å². The Morgan fingerprint density at radius 1 is 1.44 bits per heavy atom. The van der Waals surface area contributed by atoms with Crippen LogP contribution in [0.2, 0.25) is 0 Å². The van der Waals surface area contributed by atoms with Gasteiger partial charge >= 0.3 is 5.97 Å². The fraction of sp³-hybridized carbons (Fsp3) is 0.556. The molecule has 0 saturated carbocycles. The van der Waals surface area contributed by atoms with Crippen molar-refractivity contribution in [3.8, 4) is 0 Å². The fourth-order valence-corrected chi connectivity index (χ4v) is 1.08. The zero-order chi connectivity index (χ0) is 12.8. The minimum atomic E-state index is -2.05. The van der Waals surface area contributed by atoms with E-state index in [1.165, 1.54) is 7.11 Å². The Bertz CT molecular complexity index is 286. The van der Waals surface area contributed by atoms with Crippen molar-refractivity contribution in [3.63, 3.8) is 0 Å². The molecule has 1 N–H and O–H groups in total. The third-order valence-electron chi connectivity index (χ3n) is 1.61. The van der Waals surface area contributed by atoms with E-state index >= 15 is 0 Å². The quantitative estimate of drug-likeness (QED) is 0.489. The van der Waals surface area contributed by atoms with Gasteiger partial charge in [-0.25, -0.2) is 0 Å². The summed E-state index contributed by atoms with van der Waals surface area (Å²) in [5.74, 6) is -1.25. The third-order valence-corrected chi connectivity index (χ3v) is 2.13. The smallest absolute Gasteiger partial charge is 0.307 e. The number of rotatable bonds is 4. The molecule has 0 aromatic rings. The fourth-order valence-electron chi connectivity index (χ4n) is 0.913. The van der Waals surface area contributed by atoms with Crippen molar-refractivity contribution in [1.29, 1.82) is 0 Å². The lowest BCUT2D eigenvalue weighted by molar-refractivity contribution is -0.141. The number of hydrogen-bond donors (Lipinski definition) is 1. The highest BCUT2D eigenvalue weighted by molar-refractivity contribution is 6.76. The number of carbonyl (C=O) groups excluding carboxylic acids is 2. The van der Waals surface area contributed by atoms with Crippen molar-refractivity contribution in [3.05, 3.63) is 12.2 Å². The molecule has 0 saturated heterocycles. The Hall–Kier alpha value is -0.450. The number of carbonyl (C=O) groups is 2. The summed E-state index contributed by atoms with van der Waals surface area (Å²) in [6.45, 7) is 1.74. The molecular formula is C9H12Cl3NO3. The van der Waals surface area contributed by atoms with E-state index in [1.807, 2.05) is 0 Å². The van der Waals surface area contributed by atoms with Crippen LogP contribution < -0.4 is 5.32 Å². The molecule has 0 aromatic heterocycles. The molecule has 0 aromatic carbocycles. The van der Waals surface area contributed by atoms with Gasteiger partial charge in [0.2, 0.25) is 0 Å². The van der Waals surface area contributed by atoms with Gasteiger partial charge in [0.1, 0.15) is 0 Å². The van der Waals surface area contributed by atoms with Crippen LogP contribution in [0.4, 0.5) is 0 Å². The van der Waals surface area contributed by atoms with Crippen molar-refractivity contribution in [2.24, 2.45) is 0 Å². The first kappa shape index (κ1) is 15.6. The summed E-state index contributed by atoms with van der Waals surface area (Å²) in [5.41, 5.74) is 0. The molecule has 0 spiro atoms. The maximum absolute atomic E-state index is 11.3. The van der Waals surface area contributed by atoms with Crippen LogP contribution in [0.25, 0.3) is 0 Å². The number of nitrogens with one attached hydrogen (secondary N) is 1. The Labute approximate surface area is 109 Å². The predicted molar refractivity (Wildman–Crippen MR) is 63.7 cm³/mol. The zero-order valence-electron chi connectivity index (χ0n) is 8.80. The first-order valence-corrected chi connectivity index (χ1v) is 5.52. The summed E-state index contributed by atoms with van der Waals surface area (Å²) in [6, 6.07) is -0.555. The molecule has 16 heavy (non-hydrogen) atoms. The van der Waals surface area contributed by atoms with E-state index in [-0.39, 0.29) is 6.42 Å². The summed E-state index contributed by atoms with van der Waals surface area (Å²) in [6.07, 6.45) is 3.25. The normalized spacial score (nSPS) is 13.6. The summed E-state index contributed by atoms with van der Waals surface area (Å²) in [7, 11) is 1.26. The van der Waals surface area contributed by atoms with Crippen LogP contribution >= 0.6 is 34.8 Å². The van der Waals surface area contributed by atoms with Gasteiger partial charge in [-0.1, -0.05) is 47.0 Å². The molecule has 1 amide bonds. The van der Waals surface area contributed by atoms with Crippen molar-refractivity contribution < 1.29 is 14.3 Å². The van der Waals surface area contributed by atoms with E-state index < -0.39 is 21.7 Å². The first-order chi connectivity index (χ1) is 7.31. The van der Waals surface area contributed by atoms with Gasteiger partial charge in [0.15, 0.2) is 0 Å². The number of amides is 1. The molecule has 0 fully saturated rings. The average Bonchev–Trinajstić information content (AvgIpc) is 2.16. The molecule has 0 aliphatic carbocycles. The lowest BCUT2D eigenvalue weighted by atomic mass is 10.2. The van der Waals surface area contributed by atoms with Crippen molar-refractivity contribution in [2.45, 2.75) is 23.2 Å². The average molecular weight is 289 g/mol. The largest absolute Gasteiger partial charge is 0.469 e. The minimum absolute atomic E-state index is 0.0205. The van der Waals surface area contributed by atoms with E-state index in [9.17, 15) is 9.59 Å². The van der Waals surface area contributed by atoms with E-state index in [0.29, 0.717) is 0 Å². The van der Waals surface area contributed by atoms with Gasteiger partial charge in [-0.15, -0.1) is 0 Å². The van der Waals surface area contributed by atoms with E-state index in [2.05, 4.69) is 10.1 Å². The van der Waals surface area contributed by atoms with Crippen LogP contribution in [0.5, 0.6) is 0 Å². The molecule has 1 unspecified atom stereocenters. The first-order valence-electron chi connectivity index (χ1n) is 4.38. The number of allylic oxidation sites excluding steroid dienone is 1. The second-order valence-electron chi connectivity index (χ2n) is 2.88. The van der Waals surface area contributed by atoms with Gasteiger partial charge in [-0.2, -0.15) is 0 Å². The Kier molecular flexibility index (Phi) is 6.79. The molecule has 0 radical (unpaired) electrons. The number of alkyl halides is 3. The SMILES string of the molecule is C/C=C\C(CC(=O)OC)NC(=O)C(Cl)(Cl)Cl. The number of halogens is 3. The van der Waals surface area contributed by atoms with Crippen LogP contribution in [0.3, 0.4) is 0 Å². The zero-order valence-corrected chi connectivity index (χ0v) is 11.1. The van der Waals surface area contributed by atoms with Crippen LogP contribution in [0, 0.1) is 0 Å². The van der Waals surface area contributed by atoms with Crippen LogP contribution in [0.15, 0.2) is 12.2 Å². The molecule has 4 nitrogen and oxygen atoms in total. The third kappa shape index (κ3) is 6.20. The topological polar surface area (TPSA) is 55.4 Å². The highest BCUT2D eigenvalue weighted by Gasteiger charge is 2.32. The predicted octanol–water partition coefficient (Wildman–Crippen LogP) is 1.98. The molecule has 92 valence electrons. The Morgan fingerprint density at radius 3 is 2.38 bits per heavy atom. The summed E-state index contributed by atoms with van der Waals surface area (Å²) in [4.78, 5) is 22.3. The van der Waals surface area contributed by atoms with Gasteiger partial charge in [0, 0.05) is 0 Å². The monoisotopic (exact) mass is 287 g/mol. The minimum Gasteiger partial charge on any atom is -0.469 e. The summed E-state index contributed by atoms with van der Waals surface area (Å²) in [5, 5.41) is 2.40. The highest BCUT2D eigenvalue weighted by atomic mass is 35.6. The lowest BCUT2D eigenvalue weighted by Gasteiger charge is -2.17. The number of methoxy groups -OCH3 is 1. The van der Waals surface area contributed by atoms with Crippen LogP contribution in [-0.2, 0) is 14.3 Å². The second-order valence-corrected chi connectivity index (χ2v) is 5.16. The molecule has 7 heteroatoms. The standard InChI is InChI=1S/C9H12Cl3NO3/c1-3-4-6(5-7(14)16-2)13-8(15)9(10,11)12/h3-4,6H,5H2,1-2H3,(H,13,15)/b4-3-. The second kappa shape index (κ2) is 6.99. The number of ether oxygens (including phenoxy) is 1. The molecular weight excluding hydrogens is 276 g/mol. The molecule has 0 aliphatic rings. The maximum Gasteiger partial charge on any atom is 0.307 e. The van der Waals surface area contributed by atoms with E-state index in [0.717, 1.165) is 0 Å².